The summed E-state index contributed by atoms with van der Waals surface area (Å²) in [6.07, 6.45) is 0. The fourth-order valence-electron chi connectivity index (χ4n) is 7.39. The number of aromatic nitrogens is 4. The van der Waals surface area contributed by atoms with Gasteiger partial charge in [-0.3, -0.25) is 0 Å². The molecule has 3 heterocycles. The van der Waals surface area contributed by atoms with Crippen LogP contribution in [0.5, 0.6) is 0 Å². The molecular weight excluding hydrogens is 729 g/mol. The number of nitrogens with zero attached hydrogens (tertiary/aromatic N) is 12. The molecule has 57 heavy (non-hydrogen) atoms. The van der Waals surface area contributed by atoms with Crippen molar-refractivity contribution < 1.29 is 0 Å². The minimum atomic E-state index is -0.0955. The van der Waals surface area contributed by atoms with Gasteiger partial charge in [0, 0.05) is 32.0 Å². The van der Waals surface area contributed by atoms with Crippen LogP contribution in [0.25, 0.3) is 77.7 Å². The Morgan fingerprint density at radius 1 is 0.386 bits per heavy atom. The number of benzene rings is 4. The fraction of sp³-hybridized carbons (Fsp3) is 0. The third-order valence-corrected chi connectivity index (χ3v) is 11.1. The Morgan fingerprint density at radius 3 is 1.07 bits per heavy atom. The number of thiophene rings is 1. The third kappa shape index (κ3) is 4.84. The molecule has 13 heteroatoms. The molecule has 7 aromatic rings. The summed E-state index contributed by atoms with van der Waals surface area (Å²) in [5.41, 5.74) is 9.47. The summed E-state index contributed by atoms with van der Waals surface area (Å²) in [5.74, 6) is 0. The Hall–Kier alpha value is -9.34. The van der Waals surface area contributed by atoms with Crippen LogP contribution in [0.1, 0.15) is 43.7 Å². The lowest BCUT2D eigenvalue weighted by Gasteiger charge is -2.10. The van der Waals surface area contributed by atoms with E-state index in [4.69, 9.17) is 0 Å². The van der Waals surface area contributed by atoms with Crippen LogP contribution in [-0.2, 0) is 0 Å². The van der Waals surface area contributed by atoms with Crippen LogP contribution in [-0.4, -0.2) is 19.9 Å². The van der Waals surface area contributed by atoms with Crippen LogP contribution in [0.15, 0.2) is 83.9 Å². The van der Waals surface area contributed by atoms with Crippen LogP contribution in [0.2, 0.25) is 0 Å². The first-order valence-electron chi connectivity index (χ1n) is 16.7. The van der Waals surface area contributed by atoms with Crippen molar-refractivity contribution in [2.45, 2.75) is 0 Å². The maximum absolute atomic E-state index is 10.2. The molecular formula is C44H12N12S. The van der Waals surface area contributed by atoms with E-state index in [9.17, 15) is 42.1 Å². The number of allylic oxidation sites excluding steroid dienone is 2. The van der Waals surface area contributed by atoms with Gasteiger partial charge in [0.2, 0.25) is 0 Å². The Balaban J connectivity index is 1.23. The molecule has 0 atom stereocenters. The summed E-state index contributed by atoms with van der Waals surface area (Å²) in [4.78, 5) is 18.6. The van der Waals surface area contributed by atoms with Crippen LogP contribution >= 0.6 is 11.3 Å². The second-order valence-corrected chi connectivity index (χ2v) is 13.7. The zero-order valence-electron chi connectivity index (χ0n) is 28.7. The largest absolute Gasteiger partial charge is 0.232 e. The highest BCUT2D eigenvalue weighted by atomic mass is 32.1. The molecule has 2 aliphatic rings. The predicted molar refractivity (Wildman–Crippen MR) is 206 cm³/mol. The van der Waals surface area contributed by atoms with Gasteiger partial charge in [0.15, 0.2) is 22.8 Å². The zero-order valence-corrected chi connectivity index (χ0v) is 29.5. The smallest absolute Gasteiger partial charge is 0.177 e. The second-order valence-electron chi connectivity index (χ2n) is 12.7. The van der Waals surface area contributed by atoms with Crippen molar-refractivity contribution in [1.29, 1.82) is 42.1 Å². The number of hydrogen-bond donors (Lipinski definition) is 0. The summed E-state index contributed by atoms with van der Waals surface area (Å²) in [6.45, 7) is 0. The molecule has 12 nitrogen and oxygen atoms in total. The lowest BCUT2D eigenvalue weighted by molar-refractivity contribution is 1.20. The summed E-state index contributed by atoms with van der Waals surface area (Å²) in [7, 11) is 0. The van der Waals surface area contributed by atoms with Gasteiger partial charge in [0.05, 0.1) is 22.1 Å². The maximum atomic E-state index is 10.2. The van der Waals surface area contributed by atoms with E-state index in [-0.39, 0.29) is 33.9 Å². The minimum Gasteiger partial charge on any atom is -0.232 e. The predicted octanol–water partition coefficient (Wildman–Crippen LogP) is 8.11. The van der Waals surface area contributed by atoms with Gasteiger partial charge in [0.1, 0.15) is 59.7 Å². The number of fused-ring (bicyclic) bond motifs is 9. The van der Waals surface area contributed by atoms with Gasteiger partial charge in [-0.05, 0) is 80.9 Å². The molecule has 0 radical (unpaired) electrons. The van der Waals surface area contributed by atoms with Gasteiger partial charge in [-0.2, -0.15) is 42.1 Å². The first-order valence-corrected chi connectivity index (χ1v) is 17.5. The van der Waals surface area contributed by atoms with Crippen LogP contribution < -0.4 is 0 Å². The van der Waals surface area contributed by atoms with Crippen LogP contribution in [0.4, 0.5) is 0 Å². The first-order chi connectivity index (χ1) is 27.9. The monoisotopic (exact) mass is 740 g/mol. The van der Waals surface area contributed by atoms with Crippen molar-refractivity contribution in [1.82, 2.24) is 19.9 Å². The van der Waals surface area contributed by atoms with Crippen molar-refractivity contribution in [3.63, 3.8) is 0 Å². The molecule has 0 fully saturated rings. The molecule has 0 N–H and O–H groups in total. The molecule has 2 aliphatic carbocycles. The molecule has 4 aromatic carbocycles. The Labute approximate surface area is 326 Å². The molecule has 0 saturated carbocycles. The molecule has 0 unspecified atom stereocenters. The second kappa shape index (κ2) is 12.7. The number of nitriles is 8. The van der Waals surface area contributed by atoms with E-state index >= 15 is 0 Å². The lowest BCUT2D eigenvalue weighted by atomic mass is 9.94. The van der Waals surface area contributed by atoms with E-state index in [1.807, 2.05) is 72.8 Å². The van der Waals surface area contributed by atoms with E-state index in [1.54, 1.807) is 24.3 Å². The zero-order chi connectivity index (χ0) is 39.5. The van der Waals surface area contributed by atoms with Crippen molar-refractivity contribution >= 4 is 44.5 Å². The minimum absolute atomic E-state index is 0.0636. The molecule has 9 rings (SSSR count). The quantitative estimate of drug-likeness (QED) is 0.153. The van der Waals surface area contributed by atoms with Gasteiger partial charge in [-0.15, -0.1) is 11.3 Å². The highest BCUT2D eigenvalue weighted by Gasteiger charge is 2.39. The third-order valence-electron chi connectivity index (χ3n) is 9.84. The Bertz CT molecular complexity index is 3250. The van der Waals surface area contributed by atoms with Crippen LogP contribution in [0, 0.1) is 90.6 Å². The van der Waals surface area contributed by atoms with E-state index in [0.717, 1.165) is 44.5 Å². The van der Waals surface area contributed by atoms with E-state index in [0.29, 0.717) is 54.1 Å². The number of hydrogen-bond acceptors (Lipinski definition) is 13. The average molecular weight is 741 g/mol. The molecule has 3 aromatic heterocycles. The topological polar surface area (TPSA) is 242 Å². The van der Waals surface area contributed by atoms with Gasteiger partial charge in [0.25, 0.3) is 0 Å². The Morgan fingerprint density at radius 2 is 0.719 bits per heavy atom. The molecule has 0 amide bonds. The van der Waals surface area contributed by atoms with E-state index in [2.05, 4.69) is 44.2 Å². The van der Waals surface area contributed by atoms with Crippen molar-refractivity contribution in [3.8, 4) is 93.1 Å². The average Bonchev–Trinajstić information content (AvgIpc) is 3.88. The standard InChI is InChI=1S/C44H12N12S/c45-13-25(14-46)39-29-9-21(23-3-7-31-33(11-23)55-37(19-51)35(17-49)53-31)1-5-27(29)41-42-28-6-2-22(10-30(28)40(26(15-47)16-48)44(42)57-43(39)41)24-4-8-32-34(12-24)56-38(20-52)36(18-50)54-32/h1-12H. The lowest BCUT2D eigenvalue weighted by Crippen LogP contribution is -1.95. The molecule has 0 saturated heterocycles. The summed E-state index contributed by atoms with van der Waals surface area (Å²) in [5, 5.41) is 78.6. The molecule has 0 spiro atoms. The first kappa shape index (κ1) is 33.5. The van der Waals surface area contributed by atoms with E-state index in [1.165, 1.54) is 11.3 Å². The van der Waals surface area contributed by atoms with Crippen molar-refractivity contribution in [3.05, 3.63) is 128 Å². The molecule has 0 bridgehead atoms. The summed E-state index contributed by atoms with van der Waals surface area (Å²) >= 11 is 1.31. The molecule has 0 aliphatic heterocycles. The summed E-state index contributed by atoms with van der Waals surface area (Å²) < 4.78 is 0. The van der Waals surface area contributed by atoms with Gasteiger partial charge >= 0.3 is 0 Å². The normalized spacial score (nSPS) is 11.3. The van der Waals surface area contributed by atoms with Gasteiger partial charge in [-0.1, -0.05) is 36.4 Å². The van der Waals surface area contributed by atoms with Crippen LogP contribution in [0.3, 0.4) is 0 Å². The summed E-state index contributed by atoms with van der Waals surface area (Å²) in [6, 6.07) is 37.9. The Kier molecular flexibility index (Phi) is 7.44. The van der Waals surface area contributed by atoms with Gasteiger partial charge < -0.3 is 0 Å². The number of rotatable bonds is 2. The maximum Gasteiger partial charge on any atom is 0.177 e. The van der Waals surface area contributed by atoms with E-state index < -0.39 is 0 Å². The molecule has 254 valence electrons. The highest BCUT2D eigenvalue weighted by Crippen LogP contribution is 2.61. The van der Waals surface area contributed by atoms with Gasteiger partial charge in [-0.25, -0.2) is 19.9 Å². The fourth-order valence-corrected chi connectivity index (χ4v) is 8.85. The SMILES string of the molecule is N#CC(C#N)=C1c2cc(-c3ccc4nc(C#N)c(C#N)nc4c3)ccc2-c2c1sc1c2-c2ccc(-c3ccc4nc(C#N)c(C#N)nc4c3)cc2C1=C(C#N)C#N. The van der Waals surface area contributed by atoms with Crippen molar-refractivity contribution in [2.75, 3.05) is 0 Å². The highest BCUT2D eigenvalue weighted by molar-refractivity contribution is 7.16. The van der Waals surface area contributed by atoms with Crippen molar-refractivity contribution in [2.24, 2.45) is 0 Å².